The van der Waals surface area contributed by atoms with E-state index in [-0.39, 0.29) is 0 Å². The molecule has 0 amide bonds. The van der Waals surface area contributed by atoms with Crippen molar-refractivity contribution < 1.29 is 0 Å². The highest BCUT2D eigenvalue weighted by Gasteiger charge is 2.07. The van der Waals surface area contributed by atoms with Gasteiger partial charge in [-0.2, -0.15) is 9.36 Å². The lowest BCUT2D eigenvalue weighted by Gasteiger charge is -1.96. The molecule has 5 nitrogen and oxygen atoms in total. The van der Waals surface area contributed by atoms with Gasteiger partial charge in [0.1, 0.15) is 11.5 Å². The quantitative estimate of drug-likeness (QED) is 0.879. The highest BCUT2D eigenvalue weighted by atomic mass is 32.1. The van der Waals surface area contributed by atoms with E-state index in [1.165, 1.54) is 11.5 Å². The van der Waals surface area contributed by atoms with Crippen molar-refractivity contribution in [1.82, 2.24) is 19.3 Å². The third-order valence-electron chi connectivity index (χ3n) is 1.96. The van der Waals surface area contributed by atoms with E-state index in [0.717, 1.165) is 29.6 Å². The van der Waals surface area contributed by atoms with Gasteiger partial charge in [0.2, 0.25) is 5.13 Å². The van der Waals surface area contributed by atoms with Gasteiger partial charge in [-0.25, -0.2) is 9.97 Å². The highest BCUT2D eigenvalue weighted by molar-refractivity contribution is 7.09. The number of aromatic nitrogens is 4. The summed E-state index contributed by atoms with van der Waals surface area (Å²) in [6.45, 7) is 4.88. The van der Waals surface area contributed by atoms with Crippen molar-refractivity contribution in [1.29, 1.82) is 0 Å². The summed E-state index contributed by atoms with van der Waals surface area (Å²) in [4.78, 5) is 12.7. The van der Waals surface area contributed by atoms with Crippen molar-refractivity contribution in [3.63, 3.8) is 0 Å². The molecule has 0 fully saturated rings. The summed E-state index contributed by atoms with van der Waals surface area (Å²) in [5.41, 5.74) is 0.772. The first-order chi connectivity index (χ1) is 7.79. The number of rotatable bonds is 4. The fraction of sp³-hybridized carbons (Fsp3) is 0.400. The lowest BCUT2D eigenvalue weighted by atomic mass is 10.4. The monoisotopic (exact) mass is 235 g/mol. The van der Waals surface area contributed by atoms with Crippen LogP contribution in [0.15, 0.2) is 12.3 Å². The molecule has 0 aromatic carbocycles. The fourth-order valence-corrected chi connectivity index (χ4v) is 1.81. The van der Waals surface area contributed by atoms with Gasteiger partial charge in [0, 0.05) is 24.3 Å². The molecule has 0 aliphatic rings. The van der Waals surface area contributed by atoms with Crippen LogP contribution in [0.3, 0.4) is 0 Å². The zero-order chi connectivity index (χ0) is 11.4. The molecule has 2 rings (SSSR count). The third kappa shape index (κ3) is 2.52. The minimum absolute atomic E-state index is 0.661. The minimum atomic E-state index is 0.661. The third-order valence-corrected chi connectivity index (χ3v) is 2.63. The summed E-state index contributed by atoms with van der Waals surface area (Å²) in [6.07, 6.45) is 2.79. The van der Waals surface area contributed by atoms with Crippen molar-refractivity contribution in [2.24, 2.45) is 0 Å². The summed E-state index contributed by atoms with van der Waals surface area (Å²) >= 11 is 1.36. The zero-order valence-electron chi connectivity index (χ0n) is 9.27. The lowest BCUT2D eigenvalue weighted by molar-refractivity contribution is 0.975. The van der Waals surface area contributed by atoms with Crippen LogP contribution in [0.1, 0.15) is 19.2 Å². The Morgan fingerprint density at radius 3 is 3.00 bits per heavy atom. The van der Waals surface area contributed by atoms with Crippen molar-refractivity contribution in [3.8, 4) is 11.5 Å². The Morgan fingerprint density at radius 2 is 2.25 bits per heavy atom. The van der Waals surface area contributed by atoms with Gasteiger partial charge in [0.05, 0.1) is 0 Å². The summed E-state index contributed by atoms with van der Waals surface area (Å²) in [5.74, 6) is 1.39. The molecule has 6 heteroatoms. The molecule has 0 aliphatic carbocycles. The van der Waals surface area contributed by atoms with E-state index in [9.17, 15) is 0 Å². The molecule has 2 aromatic rings. The van der Waals surface area contributed by atoms with Gasteiger partial charge in [-0.3, -0.25) is 0 Å². The van der Waals surface area contributed by atoms with E-state index in [1.54, 1.807) is 6.20 Å². The number of aryl methyl sites for hydroxylation is 1. The fourth-order valence-electron chi connectivity index (χ4n) is 1.21. The van der Waals surface area contributed by atoms with Crippen LogP contribution >= 0.6 is 11.5 Å². The standard InChI is InChI=1S/C10H13N5S/c1-3-5-12-10-14-9(15-16-10)8-4-6-11-7(2)13-8/h4,6H,3,5H2,1-2H3,(H,12,14,15). The van der Waals surface area contributed by atoms with Gasteiger partial charge in [-0.15, -0.1) is 0 Å². The van der Waals surface area contributed by atoms with Gasteiger partial charge >= 0.3 is 0 Å². The predicted octanol–water partition coefficient (Wildman–Crippen LogP) is 2.13. The molecule has 0 bridgehead atoms. The van der Waals surface area contributed by atoms with Gasteiger partial charge in [-0.05, 0) is 19.4 Å². The molecule has 0 saturated carbocycles. The van der Waals surface area contributed by atoms with Crippen molar-refractivity contribution in [3.05, 3.63) is 18.1 Å². The Kier molecular flexibility index (Phi) is 3.40. The maximum absolute atomic E-state index is 4.37. The average molecular weight is 235 g/mol. The van der Waals surface area contributed by atoms with E-state index in [4.69, 9.17) is 0 Å². The van der Waals surface area contributed by atoms with Crippen LogP contribution in [0.2, 0.25) is 0 Å². The van der Waals surface area contributed by atoms with E-state index >= 15 is 0 Å². The van der Waals surface area contributed by atoms with E-state index in [2.05, 4.69) is 31.6 Å². The van der Waals surface area contributed by atoms with Crippen molar-refractivity contribution in [2.45, 2.75) is 20.3 Å². The number of hydrogen-bond donors (Lipinski definition) is 1. The van der Waals surface area contributed by atoms with Crippen LogP contribution in [0.25, 0.3) is 11.5 Å². The smallest absolute Gasteiger partial charge is 0.202 e. The van der Waals surface area contributed by atoms with E-state index in [1.807, 2.05) is 13.0 Å². The topological polar surface area (TPSA) is 63.6 Å². The first-order valence-electron chi connectivity index (χ1n) is 5.17. The molecule has 0 aliphatic heterocycles. The Bertz CT molecular complexity index is 468. The molecule has 1 N–H and O–H groups in total. The Morgan fingerprint density at radius 1 is 1.38 bits per heavy atom. The Hall–Kier alpha value is -1.56. The molecule has 0 unspecified atom stereocenters. The largest absolute Gasteiger partial charge is 0.360 e. The maximum atomic E-state index is 4.37. The summed E-state index contributed by atoms with van der Waals surface area (Å²) in [5, 5.41) is 4.04. The van der Waals surface area contributed by atoms with Crippen LogP contribution in [-0.4, -0.2) is 25.9 Å². The lowest BCUT2D eigenvalue weighted by Crippen LogP contribution is -1.98. The number of nitrogens with one attached hydrogen (secondary N) is 1. The molecule has 2 heterocycles. The second-order valence-electron chi connectivity index (χ2n) is 3.34. The van der Waals surface area contributed by atoms with Crippen LogP contribution in [0.5, 0.6) is 0 Å². The Balaban J connectivity index is 2.18. The van der Waals surface area contributed by atoms with E-state index in [0.29, 0.717) is 5.82 Å². The second kappa shape index (κ2) is 4.98. The van der Waals surface area contributed by atoms with Crippen molar-refractivity contribution in [2.75, 3.05) is 11.9 Å². The van der Waals surface area contributed by atoms with Gasteiger partial charge in [0.25, 0.3) is 0 Å². The summed E-state index contributed by atoms with van der Waals surface area (Å²) < 4.78 is 4.26. The van der Waals surface area contributed by atoms with Crippen LogP contribution < -0.4 is 5.32 Å². The van der Waals surface area contributed by atoms with Gasteiger partial charge < -0.3 is 5.32 Å². The first-order valence-corrected chi connectivity index (χ1v) is 5.94. The maximum Gasteiger partial charge on any atom is 0.202 e. The molecule has 16 heavy (non-hydrogen) atoms. The summed E-state index contributed by atoms with van der Waals surface area (Å²) in [7, 11) is 0. The molecule has 2 aromatic heterocycles. The number of nitrogens with zero attached hydrogens (tertiary/aromatic N) is 4. The van der Waals surface area contributed by atoms with Gasteiger partial charge in [-0.1, -0.05) is 6.92 Å². The van der Waals surface area contributed by atoms with Crippen LogP contribution in [-0.2, 0) is 0 Å². The predicted molar refractivity (Wildman–Crippen MR) is 64.5 cm³/mol. The molecule has 0 spiro atoms. The normalized spacial score (nSPS) is 10.4. The first kappa shape index (κ1) is 10.9. The average Bonchev–Trinajstić information content (AvgIpc) is 2.75. The molecule has 84 valence electrons. The number of anilines is 1. The summed E-state index contributed by atoms with van der Waals surface area (Å²) in [6, 6.07) is 1.82. The molecule has 0 atom stereocenters. The van der Waals surface area contributed by atoms with Crippen molar-refractivity contribution >= 4 is 16.7 Å². The Labute approximate surface area is 98.2 Å². The highest BCUT2D eigenvalue weighted by Crippen LogP contribution is 2.18. The van der Waals surface area contributed by atoms with Crippen LogP contribution in [0, 0.1) is 6.92 Å². The molecule has 0 radical (unpaired) electrons. The van der Waals surface area contributed by atoms with E-state index < -0.39 is 0 Å². The molecule has 0 saturated heterocycles. The SMILES string of the molecule is CCCNc1nc(-c2ccnc(C)n2)ns1. The molecular formula is C10H13N5S. The number of hydrogen-bond acceptors (Lipinski definition) is 6. The van der Waals surface area contributed by atoms with Crippen LogP contribution in [0.4, 0.5) is 5.13 Å². The second-order valence-corrected chi connectivity index (χ2v) is 4.09. The minimum Gasteiger partial charge on any atom is -0.360 e. The van der Waals surface area contributed by atoms with Gasteiger partial charge in [0.15, 0.2) is 5.82 Å². The zero-order valence-corrected chi connectivity index (χ0v) is 10.1. The molecular weight excluding hydrogens is 222 g/mol.